The topological polar surface area (TPSA) is 43.8 Å². The predicted octanol–water partition coefficient (Wildman–Crippen LogP) is 2.60. The summed E-state index contributed by atoms with van der Waals surface area (Å²) in [7, 11) is 0. The van der Waals surface area contributed by atoms with Gasteiger partial charge in [0.05, 0.1) is 11.5 Å². The number of hydrogen-bond donors (Lipinski definition) is 1. The second-order valence-electron chi connectivity index (χ2n) is 9.55. The molecule has 5 aliphatic rings. The van der Waals surface area contributed by atoms with Gasteiger partial charge in [0.15, 0.2) is 0 Å². The highest BCUT2D eigenvalue weighted by Crippen LogP contribution is 2.63. The second kappa shape index (κ2) is 6.19. The van der Waals surface area contributed by atoms with Crippen molar-refractivity contribution in [1.82, 2.24) is 9.80 Å². The van der Waals surface area contributed by atoms with E-state index in [-0.39, 0.29) is 12.0 Å². The van der Waals surface area contributed by atoms with Crippen molar-refractivity contribution in [2.24, 2.45) is 17.3 Å². The number of alkyl halides is 1. The average molecular weight is 352 g/mol. The smallest absolute Gasteiger partial charge is 0.229 e. The Balaban J connectivity index is 1.48. The maximum Gasteiger partial charge on any atom is 0.229 e. The molecule has 0 aromatic heterocycles. The molecule has 0 spiro atoms. The van der Waals surface area contributed by atoms with E-state index in [0.29, 0.717) is 43.7 Å². The SMILES string of the molecule is CCC1CN(C(=O)C23CC4CC(CC(F)(C4)C2)C3)CCN1CC(C)O. The molecule has 1 heterocycles. The number of carbonyl (C=O) groups excluding carboxylic acids is 1. The molecular formula is C20H33FN2O2. The summed E-state index contributed by atoms with van der Waals surface area (Å²) in [5, 5.41) is 9.71. The van der Waals surface area contributed by atoms with Crippen LogP contribution in [0.4, 0.5) is 4.39 Å². The third-order valence-corrected chi connectivity index (χ3v) is 7.31. The van der Waals surface area contributed by atoms with Crippen LogP contribution in [0, 0.1) is 17.3 Å². The van der Waals surface area contributed by atoms with E-state index in [1.807, 2.05) is 11.8 Å². The second-order valence-corrected chi connectivity index (χ2v) is 9.55. The molecule has 4 atom stereocenters. The average Bonchev–Trinajstić information content (AvgIpc) is 2.51. The van der Waals surface area contributed by atoms with Gasteiger partial charge in [0.25, 0.3) is 0 Å². The standard InChI is InChI=1S/C20H33FN2O2/c1-3-17-12-23(5-4-22(17)11-14(2)24)18(25)19-7-15-6-16(8-19)10-20(21,9-15)13-19/h14-17,24H,3-13H2,1-2H3. The Morgan fingerprint density at radius 2 is 1.92 bits per heavy atom. The molecule has 1 amide bonds. The van der Waals surface area contributed by atoms with Crippen molar-refractivity contribution in [3.05, 3.63) is 0 Å². The van der Waals surface area contributed by atoms with E-state index >= 15 is 4.39 Å². The number of piperazine rings is 1. The molecule has 1 saturated heterocycles. The van der Waals surface area contributed by atoms with Crippen molar-refractivity contribution >= 4 is 5.91 Å². The first-order valence-electron chi connectivity index (χ1n) is 10.2. The van der Waals surface area contributed by atoms with Crippen molar-refractivity contribution < 1.29 is 14.3 Å². The van der Waals surface area contributed by atoms with Crippen LogP contribution in [0.2, 0.25) is 0 Å². The van der Waals surface area contributed by atoms with Crippen molar-refractivity contribution in [2.75, 3.05) is 26.2 Å². The lowest BCUT2D eigenvalue weighted by molar-refractivity contribution is -0.173. The number of aliphatic hydroxyl groups excluding tert-OH is 1. The first-order chi connectivity index (χ1) is 11.8. The monoisotopic (exact) mass is 352 g/mol. The van der Waals surface area contributed by atoms with Crippen LogP contribution in [0.1, 0.15) is 58.8 Å². The van der Waals surface area contributed by atoms with Crippen LogP contribution in [-0.2, 0) is 4.79 Å². The Kier molecular flexibility index (Phi) is 4.39. The zero-order chi connectivity index (χ0) is 17.8. The van der Waals surface area contributed by atoms with E-state index in [1.165, 1.54) is 0 Å². The minimum Gasteiger partial charge on any atom is -0.392 e. The fourth-order valence-electron chi connectivity index (χ4n) is 6.78. The Labute approximate surface area is 150 Å². The Bertz CT molecular complexity index is 524. The van der Waals surface area contributed by atoms with Gasteiger partial charge in [-0.2, -0.15) is 0 Å². The highest BCUT2D eigenvalue weighted by Gasteiger charge is 2.62. The third-order valence-electron chi connectivity index (χ3n) is 7.31. The van der Waals surface area contributed by atoms with Crippen LogP contribution in [0.15, 0.2) is 0 Å². The Morgan fingerprint density at radius 1 is 1.24 bits per heavy atom. The zero-order valence-corrected chi connectivity index (χ0v) is 15.7. The van der Waals surface area contributed by atoms with Gasteiger partial charge in [-0.15, -0.1) is 0 Å². The van der Waals surface area contributed by atoms with Crippen molar-refractivity contribution in [2.45, 2.75) is 76.6 Å². The Hall–Kier alpha value is -0.680. The summed E-state index contributed by atoms with van der Waals surface area (Å²) < 4.78 is 15.2. The van der Waals surface area contributed by atoms with E-state index in [1.54, 1.807) is 0 Å². The van der Waals surface area contributed by atoms with E-state index in [2.05, 4.69) is 11.8 Å². The third kappa shape index (κ3) is 3.12. The zero-order valence-electron chi connectivity index (χ0n) is 15.7. The van der Waals surface area contributed by atoms with E-state index in [4.69, 9.17) is 0 Å². The first kappa shape index (κ1) is 17.7. The van der Waals surface area contributed by atoms with Gasteiger partial charge in [-0.3, -0.25) is 9.69 Å². The summed E-state index contributed by atoms with van der Waals surface area (Å²) in [6.45, 7) is 6.91. The molecule has 5 fully saturated rings. The molecule has 4 saturated carbocycles. The number of carbonyl (C=O) groups is 1. The lowest BCUT2D eigenvalue weighted by Crippen LogP contribution is -2.63. The highest BCUT2D eigenvalue weighted by atomic mass is 19.1. The molecule has 1 N–H and O–H groups in total. The maximum absolute atomic E-state index is 15.2. The molecule has 0 aromatic rings. The fourth-order valence-corrected chi connectivity index (χ4v) is 6.78. The summed E-state index contributed by atoms with van der Waals surface area (Å²) in [5.74, 6) is 1.08. The summed E-state index contributed by atoms with van der Waals surface area (Å²) in [4.78, 5) is 17.8. The predicted molar refractivity (Wildman–Crippen MR) is 94.9 cm³/mol. The molecule has 25 heavy (non-hydrogen) atoms. The molecule has 0 radical (unpaired) electrons. The summed E-state index contributed by atoms with van der Waals surface area (Å²) >= 11 is 0. The molecule has 142 valence electrons. The molecule has 5 heteroatoms. The largest absolute Gasteiger partial charge is 0.392 e. The van der Waals surface area contributed by atoms with Crippen LogP contribution in [0.3, 0.4) is 0 Å². The fraction of sp³-hybridized carbons (Fsp3) is 0.950. The van der Waals surface area contributed by atoms with Gasteiger partial charge in [-0.25, -0.2) is 4.39 Å². The van der Waals surface area contributed by atoms with Crippen LogP contribution >= 0.6 is 0 Å². The number of nitrogens with zero attached hydrogens (tertiary/aromatic N) is 2. The molecular weight excluding hydrogens is 319 g/mol. The van der Waals surface area contributed by atoms with E-state index < -0.39 is 11.1 Å². The molecule has 4 nitrogen and oxygen atoms in total. The molecule has 5 rings (SSSR count). The number of hydrogen-bond acceptors (Lipinski definition) is 3. The van der Waals surface area contributed by atoms with Crippen molar-refractivity contribution in [1.29, 1.82) is 0 Å². The molecule has 1 aliphatic heterocycles. The number of β-amino-alcohol motifs (C(OH)–C–C–N with tert-alkyl or cyclic N) is 1. The molecule has 4 bridgehead atoms. The minimum absolute atomic E-state index is 0.235. The maximum atomic E-state index is 15.2. The number of amides is 1. The minimum atomic E-state index is -1.07. The Morgan fingerprint density at radius 3 is 2.48 bits per heavy atom. The normalized spacial score (nSPS) is 45.0. The van der Waals surface area contributed by atoms with Gasteiger partial charge in [0.1, 0.15) is 5.67 Å². The number of halogens is 1. The molecule has 0 aromatic carbocycles. The lowest BCUT2D eigenvalue weighted by Gasteiger charge is -2.59. The quantitative estimate of drug-likeness (QED) is 0.846. The van der Waals surface area contributed by atoms with Gasteiger partial charge < -0.3 is 10.0 Å². The molecule has 4 aliphatic carbocycles. The van der Waals surface area contributed by atoms with Gasteiger partial charge in [0.2, 0.25) is 5.91 Å². The van der Waals surface area contributed by atoms with Gasteiger partial charge in [-0.05, 0) is 63.7 Å². The summed E-state index contributed by atoms with van der Waals surface area (Å²) in [6, 6.07) is 0.306. The molecule has 4 unspecified atom stereocenters. The first-order valence-corrected chi connectivity index (χ1v) is 10.2. The van der Waals surface area contributed by atoms with Crippen LogP contribution in [-0.4, -0.2) is 64.8 Å². The number of rotatable bonds is 4. The lowest BCUT2D eigenvalue weighted by atomic mass is 9.48. The van der Waals surface area contributed by atoms with Crippen molar-refractivity contribution in [3.8, 4) is 0 Å². The summed E-state index contributed by atoms with van der Waals surface area (Å²) in [6.07, 6.45) is 5.46. The van der Waals surface area contributed by atoms with Crippen LogP contribution in [0.5, 0.6) is 0 Å². The van der Waals surface area contributed by atoms with Crippen LogP contribution in [0.25, 0.3) is 0 Å². The van der Waals surface area contributed by atoms with E-state index in [0.717, 1.165) is 45.3 Å². The van der Waals surface area contributed by atoms with Crippen LogP contribution < -0.4 is 0 Å². The number of aliphatic hydroxyl groups is 1. The highest BCUT2D eigenvalue weighted by molar-refractivity contribution is 5.83. The van der Waals surface area contributed by atoms with Gasteiger partial charge >= 0.3 is 0 Å². The van der Waals surface area contributed by atoms with E-state index in [9.17, 15) is 9.90 Å². The summed E-state index contributed by atoms with van der Waals surface area (Å²) in [5.41, 5.74) is -1.48. The van der Waals surface area contributed by atoms with Gasteiger partial charge in [0, 0.05) is 32.2 Å². The van der Waals surface area contributed by atoms with Crippen molar-refractivity contribution in [3.63, 3.8) is 0 Å². The van der Waals surface area contributed by atoms with Gasteiger partial charge in [-0.1, -0.05) is 6.92 Å².